The number of benzene rings is 2. The van der Waals surface area contributed by atoms with Crippen molar-refractivity contribution in [2.45, 2.75) is 6.54 Å². The monoisotopic (exact) mass is 412 g/mol. The molecule has 1 aliphatic rings. The van der Waals surface area contributed by atoms with Crippen LogP contribution in [0, 0.1) is 0 Å². The molecule has 7 nitrogen and oxygen atoms in total. The number of aromatic nitrogens is 2. The van der Waals surface area contributed by atoms with Crippen molar-refractivity contribution in [1.82, 2.24) is 14.5 Å². The number of carbonyl (C=O) groups excluding carboxylic acids is 1. The Balaban J connectivity index is 1.64. The van der Waals surface area contributed by atoms with Crippen LogP contribution in [0.25, 0.3) is 11.0 Å². The lowest BCUT2D eigenvalue weighted by Crippen LogP contribution is -2.39. The van der Waals surface area contributed by atoms with Gasteiger partial charge >= 0.3 is 0 Å². The van der Waals surface area contributed by atoms with E-state index in [0.717, 1.165) is 25.2 Å². The fourth-order valence-electron chi connectivity index (χ4n) is 3.37. The van der Waals surface area contributed by atoms with E-state index >= 15 is 0 Å². The van der Waals surface area contributed by atoms with Gasteiger partial charge < -0.3 is 14.6 Å². The molecule has 0 saturated carbocycles. The molecule has 150 valence electrons. The smallest absolute Gasteiger partial charge is 0.294 e. The van der Waals surface area contributed by atoms with Crippen LogP contribution in [0.15, 0.2) is 53.3 Å². The van der Waals surface area contributed by atoms with E-state index in [1.165, 1.54) is 0 Å². The van der Waals surface area contributed by atoms with Gasteiger partial charge in [-0.25, -0.2) is 4.98 Å². The van der Waals surface area contributed by atoms with Gasteiger partial charge in [0.1, 0.15) is 0 Å². The molecule has 0 bridgehead atoms. The lowest BCUT2D eigenvalue weighted by atomic mass is 10.2. The number of nitrogens with one attached hydrogen (secondary N) is 1. The van der Waals surface area contributed by atoms with Gasteiger partial charge in [-0.15, -0.1) is 0 Å². The second-order valence-corrected chi connectivity index (χ2v) is 7.26. The molecular weight excluding hydrogens is 392 g/mol. The third kappa shape index (κ3) is 4.48. The Morgan fingerprint density at radius 3 is 2.69 bits per heavy atom. The van der Waals surface area contributed by atoms with Gasteiger partial charge in [0.05, 0.1) is 24.2 Å². The van der Waals surface area contributed by atoms with Crippen LogP contribution in [0.5, 0.6) is 0 Å². The average molecular weight is 413 g/mol. The molecule has 2 heterocycles. The van der Waals surface area contributed by atoms with Crippen LogP contribution < -0.4 is 10.9 Å². The van der Waals surface area contributed by atoms with Crippen molar-refractivity contribution in [2.24, 2.45) is 0 Å². The van der Waals surface area contributed by atoms with Gasteiger partial charge in [-0.3, -0.25) is 14.5 Å². The summed E-state index contributed by atoms with van der Waals surface area (Å²) in [6.07, 6.45) is 0. The fraction of sp³-hybridized carbons (Fsp3) is 0.286. The number of anilines is 1. The largest absolute Gasteiger partial charge is 0.379 e. The van der Waals surface area contributed by atoms with Gasteiger partial charge in [-0.1, -0.05) is 29.8 Å². The molecule has 8 heteroatoms. The molecular formula is C21H21ClN4O3. The van der Waals surface area contributed by atoms with E-state index in [2.05, 4.69) is 15.2 Å². The van der Waals surface area contributed by atoms with Crippen molar-refractivity contribution in [2.75, 3.05) is 38.2 Å². The van der Waals surface area contributed by atoms with Gasteiger partial charge in [0, 0.05) is 36.8 Å². The van der Waals surface area contributed by atoms with Gasteiger partial charge in [0.25, 0.3) is 11.5 Å². The molecule has 1 fully saturated rings. The first kappa shape index (κ1) is 19.6. The Morgan fingerprint density at radius 1 is 1.10 bits per heavy atom. The molecule has 0 atom stereocenters. The Kier molecular flexibility index (Phi) is 5.89. The van der Waals surface area contributed by atoms with E-state index in [0.29, 0.717) is 35.9 Å². The first-order valence-electron chi connectivity index (χ1n) is 9.48. The van der Waals surface area contributed by atoms with E-state index < -0.39 is 5.91 Å². The van der Waals surface area contributed by atoms with Crippen LogP contribution in [-0.4, -0.2) is 53.2 Å². The summed E-state index contributed by atoms with van der Waals surface area (Å²) in [6, 6.07) is 14.0. The predicted molar refractivity (Wildman–Crippen MR) is 113 cm³/mol. The Hall–Kier alpha value is -2.74. The van der Waals surface area contributed by atoms with Crippen molar-refractivity contribution in [1.29, 1.82) is 0 Å². The number of para-hydroxylation sites is 2. The zero-order chi connectivity index (χ0) is 20.2. The van der Waals surface area contributed by atoms with Crippen LogP contribution in [-0.2, 0) is 11.3 Å². The topological polar surface area (TPSA) is 76.5 Å². The minimum absolute atomic E-state index is 0.00986. The van der Waals surface area contributed by atoms with E-state index in [-0.39, 0.29) is 11.4 Å². The molecule has 0 aliphatic carbocycles. The van der Waals surface area contributed by atoms with Crippen molar-refractivity contribution >= 4 is 34.4 Å². The number of carbonyl (C=O) groups is 1. The summed E-state index contributed by atoms with van der Waals surface area (Å²) in [6.45, 7) is 4.31. The highest BCUT2D eigenvalue weighted by atomic mass is 35.5. The summed E-state index contributed by atoms with van der Waals surface area (Å²) in [4.78, 5) is 32.3. The van der Waals surface area contributed by atoms with Crippen molar-refractivity contribution in [3.05, 3.63) is 69.5 Å². The van der Waals surface area contributed by atoms with E-state index in [1.807, 2.05) is 24.3 Å². The second kappa shape index (κ2) is 8.73. The molecule has 0 spiro atoms. The molecule has 1 aromatic heterocycles. The van der Waals surface area contributed by atoms with E-state index in [4.69, 9.17) is 16.3 Å². The molecule has 1 amide bonds. The summed E-state index contributed by atoms with van der Waals surface area (Å²) < 4.78 is 7.05. The average Bonchev–Trinajstić information content (AvgIpc) is 2.74. The lowest BCUT2D eigenvalue weighted by molar-refractivity contribution is 0.0364. The maximum atomic E-state index is 13.1. The maximum Gasteiger partial charge on any atom is 0.294 e. The SMILES string of the molecule is O=C(Nc1nc2ccccc2n(CCN2CCOCC2)c1=O)c1cccc(Cl)c1. The number of halogens is 1. The molecule has 0 radical (unpaired) electrons. The summed E-state index contributed by atoms with van der Waals surface area (Å²) in [5.41, 5.74) is 1.43. The van der Waals surface area contributed by atoms with Crippen molar-refractivity contribution < 1.29 is 9.53 Å². The normalized spacial score (nSPS) is 14.8. The predicted octanol–water partition coefficient (Wildman–Crippen LogP) is 2.63. The highest BCUT2D eigenvalue weighted by molar-refractivity contribution is 6.31. The zero-order valence-corrected chi connectivity index (χ0v) is 16.6. The van der Waals surface area contributed by atoms with Crippen LogP contribution >= 0.6 is 11.6 Å². The first-order chi connectivity index (χ1) is 14.1. The number of fused-ring (bicyclic) bond motifs is 1. The summed E-state index contributed by atoms with van der Waals surface area (Å²) in [5, 5.41) is 3.10. The summed E-state index contributed by atoms with van der Waals surface area (Å²) >= 11 is 5.97. The third-order valence-electron chi connectivity index (χ3n) is 4.91. The van der Waals surface area contributed by atoms with E-state index in [1.54, 1.807) is 28.8 Å². The molecule has 3 aromatic rings. The number of amides is 1. The number of rotatable bonds is 5. The Morgan fingerprint density at radius 2 is 1.90 bits per heavy atom. The van der Waals surface area contributed by atoms with Gasteiger partial charge in [0.2, 0.25) is 0 Å². The summed E-state index contributed by atoms with van der Waals surface area (Å²) in [7, 11) is 0. The number of hydrogen-bond acceptors (Lipinski definition) is 5. The lowest BCUT2D eigenvalue weighted by Gasteiger charge is -2.27. The quantitative estimate of drug-likeness (QED) is 0.697. The number of nitrogens with zero attached hydrogens (tertiary/aromatic N) is 3. The first-order valence-corrected chi connectivity index (χ1v) is 9.86. The minimum Gasteiger partial charge on any atom is -0.379 e. The van der Waals surface area contributed by atoms with E-state index in [9.17, 15) is 9.59 Å². The molecule has 1 saturated heterocycles. The summed E-state index contributed by atoms with van der Waals surface area (Å²) in [5.74, 6) is -0.414. The van der Waals surface area contributed by atoms with Crippen molar-refractivity contribution in [3.8, 4) is 0 Å². The number of morpholine rings is 1. The molecule has 2 aromatic carbocycles. The minimum atomic E-state index is -0.424. The molecule has 1 N–H and O–H groups in total. The molecule has 29 heavy (non-hydrogen) atoms. The van der Waals surface area contributed by atoms with Crippen LogP contribution in [0.1, 0.15) is 10.4 Å². The van der Waals surface area contributed by atoms with Crippen LogP contribution in [0.4, 0.5) is 5.82 Å². The Labute approximate surface area is 172 Å². The number of ether oxygens (including phenoxy) is 1. The molecule has 0 unspecified atom stereocenters. The number of hydrogen-bond donors (Lipinski definition) is 1. The maximum absolute atomic E-state index is 13.1. The van der Waals surface area contributed by atoms with Crippen LogP contribution in [0.2, 0.25) is 5.02 Å². The zero-order valence-electron chi connectivity index (χ0n) is 15.8. The second-order valence-electron chi connectivity index (χ2n) is 6.82. The van der Waals surface area contributed by atoms with Gasteiger partial charge in [-0.2, -0.15) is 0 Å². The molecule has 1 aliphatic heterocycles. The fourth-order valence-corrected chi connectivity index (χ4v) is 3.56. The van der Waals surface area contributed by atoms with Gasteiger partial charge in [0.15, 0.2) is 5.82 Å². The molecule has 4 rings (SSSR count). The highest BCUT2D eigenvalue weighted by Crippen LogP contribution is 2.15. The van der Waals surface area contributed by atoms with Gasteiger partial charge in [-0.05, 0) is 30.3 Å². The Bertz CT molecular complexity index is 1090. The van der Waals surface area contributed by atoms with Crippen molar-refractivity contribution in [3.63, 3.8) is 0 Å². The third-order valence-corrected chi connectivity index (χ3v) is 5.15. The van der Waals surface area contributed by atoms with Crippen LogP contribution in [0.3, 0.4) is 0 Å². The standard InChI is InChI=1S/C21H21ClN4O3/c22-16-5-3-4-15(14-16)20(27)24-19-21(28)26(9-8-25-10-12-29-13-11-25)18-7-2-1-6-17(18)23-19/h1-7,14H,8-13H2,(H,23,24,27). The highest BCUT2D eigenvalue weighted by Gasteiger charge is 2.16.